The van der Waals surface area contributed by atoms with Crippen LogP contribution in [0, 0.1) is 11.8 Å². The third-order valence-corrected chi connectivity index (χ3v) is 9.19. The number of methoxy groups -OCH3 is 1. The molecule has 2 aromatic rings. The van der Waals surface area contributed by atoms with Crippen LogP contribution in [0.4, 0.5) is 0 Å². The van der Waals surface area contributed by atoms with Gasteiger partial charge in [0.1, 0.15) is 24.4 Å². The lowest BCUT2D eigenvalue weighted by atomic mass is 9.59. The maximum atomic E-state index is 13.5. The first kappa shape index (κ1) is 27.7. The number of aromatic hydroxyl groups is 1. The van der Waals surface area contributed by atoms with Gasteiger partial charge in [-0.05, 0) is 47.9 Å². The van der Waals surface area contributed by atoms with Crippen molar-refractivity contribution in [2.24, 2.45) is 11.8 Å². The number of cyclic esters (lactones) is 1. The molecule has 4 aliphatic heterocycles. The van der Waals surface area contributed by atoms with Crippen molar-refractivity contribution in [2.45, 2.75) is 61.9 Å². The molecule has 1 aliphatic carbocycles. The molecule has 0 bridgehead atoms. The summed E-state index contributed by atoms with van der Waals surface area (Å²) in [6.45, 7) is 1.03. The van der Waals surface area contributed by atoms with Gasteiger partial charge in [0.25, 0.3) is 0 Å². The summed E-state index contributed by atoms with van der Waals surface area (Å²) in [6.07, 6.45) is -5.86. The van der Waals surface area contributed by atoms with Gasteiger partial charge >= 0.3 is 5.97 Å². The number of phenols is 1. The molecular formula is C29H32O13. The van der Waals surface area contributed by atoms with Gasteiger partial charge in [-0.2, -0.15) is 0 Å². The van der Waals surface area contributed by atoms with E-state index in [4.69, 9.17) is 33.2 Å². The van der Waals surface area contributed by atoms with E-state index in [9.17, 15) is 30.3 Å². The van der Waals surface area contributed by atoms with Crippen LogP contribution in [0.2, 0.25) is 0 Å². The van der Waals surface area contributed by atoms with Crippen molar-refractivity contribution in [3.63, 3.8) is 0 Å². The van der Waals surface area contributed by atoms with Crippen molar-refractivity contribution in [1.82, 2.24) is 0 Å². The van der Waals surface area contributed by atoms with Crippen LogP contribution in [-0.2, 0) is 30.3 Å². The minimum atomic E-state index is -2.39. The third-order valence-electron chi connectivity index (χ3n) is 9.19. The van der Waals surface area contributed by atoms with Crippen molar-refractivity contribution in [2.75, 3.05) is 27.1 Å². The fraction of sp³-hybridized carbons (Fsp3) is 0.552. The highest BCUT2D eigenvalue weighted by atomic mass is 16.7. The summed E-state index contributed by atoms with van der Waals surface area (Å²) in [5.41, 5.74) is 1.77. The molecule has 0 aromatic heterocycles. The van der Waals surface area contributed by atoms with Gasteiger partial charge in [-0.3, -0.25) is 4.79 Å². The molecule has 42 heavy (non-hydrogen) atoms. The van der Waals surface area contributed by atoms with Crippen molar-refractivity contribution < 1.29 is 63.5 Å². The van der Waals surface area contributed by atoms with Gasteiger partial charge in [0, 0.05) is 23.3 Å². The average molecular weight is 589 g/mol. The quantitative estimate of drug-likeness (QED) is 0.306. The molecule has 10 atom stereocenters. The highest BCUT2D eigenvalue weighted by Crippen LogP contribution is 2.60. The molecule has 4 heterocycles. The molecular weight excluding hydrogens is 556 g/mol. The molecule has 2 aromatic carbocycles. The minimum absolute atomic E-state index is 0.00201. The van der Waals surface area contributed by atoms with E-state index in [1.807, 2.05) is 0 Å². The van der Waals surface area contributed by atoms with Crippen LogP contribution in [0.1, 0.15) is 41.0 Å². The number of carbonyl (C=O) groups excluding carboxylic acids is 1. The molecule has 5 aliphatic rings. The first-order chi connectivity index (χ1) is 20.2. The molecule has 226 valence electrons. The number of aliphatic hydroxyl groups excluding tert-OH is 3. The highest BCUT2D eigenvalue weighted by Gasteiger charge is 2.65. The molecule has 7 rings (SSSR count). The molecule has 3 fully saturated rings. The minimum Gasteiger partial charge on any atom is -0.504 e. The molecule has 4 unspecified atom stereocenters. The zero-order valence-corrected chi connectivity index (χ0v) is 22.8. The molecule has 0 spiro atoms. The third kappa shape index (κ3) is 3.92. The lowest BCUT2D eigenvalue weighted by Crippen LogP contribution is -2.70. The van der Waals surface area contributed by atoms with Crippen molar-refractivity contribution in [3.8, 4) is 23.0 Å². The Kier molecular flexibility index (Phi) is 6.55. The highest BCUT2D eigenvalue weighted by molar-refractivity contribution is 5.79. The van der Waals surface area contributed by atoms with Crippen molar-refractivity contribution >= 4 is 5.97 Å². The van der Waals surface area contributed by atoms with Crippen LogP contribution >= 0.6 is 0 Å². The summed E-state index contributed by atoms with van der Waals surface area (Å²) < 4.78 is 39.7. The van der Waals surface area contributed by atoms with E-state index in [1.165, 1.54) is 7.11 Å². The van der Waals surface area contributed by atoms with Gasteiger partial charge in [-0.15, -0.1) is 0 Å². The lowest BCUT2D eigenvalue weighted by molar-refractivity contribution is -0.398. The van der Waals surface area contributed by atoms with E-state index >= 15 is 0 Å². The molecule has 0 radical (unpaired) electrons. The average Bonchev–Trinajstić information content (AvgIpc) is 3.60. The molecule has 13 heteroatoms. The number of benzene rings is 2. The van der Waals surface area contributed by atoms with Gasteiger partial charge in [-0.1, -0.05) is 0 Å². The number of hydrogen-bond acceptors (Lipinski definition) is 13. The van der Waals surface area contributed by atoms with Gasteiger partial charge in [0.05, 0.1) is 32.8 Å². The summed E-state index contributed by atoms with van der Waals surface area (Å²) in [5, 5.41) is 55.4. The lowest BCUT2D eigenvalue weighted by Gasteiger charge is -2.54. The Morgan fingerprint density at radius 1 is 1.05 bits per heavy atom. The number of ether oxygens (including phenoxy) is 7. The van der Waals surface area contributed by atoms with Crippen LogP contribution in [-0.4, -0.2) is 95.1 Å². The zero-order chi connectivity index (χ0) is 29.5. The maximum absolute atomic E-state index is 13.5. The molecule has 5 N–H and O–H groups in total. The van der Waals surface area contributed by atoms with Gasteiger partial charge in [-0.25, -0.2) is 0 Å². The topological polar surface area (TPSA) is 183 Å². The van der Waals surface area contributed by atoms with E-state index in [-0.39, 0.29) is 37.1 Å². The van der Waals surface area contributed by atoms with Crippen LogP contribution < -0.4 is 14.2 Å². The molecule has 0 saturated carbocycles. The summed E-state index contributed by atoms with van der Waals surface area (Å²) >= 11 is 0. The Labute approximate surface area is 240 Å². The van der Waals surface area contributed by atoms with E-state index in [0.29, 0.717) is 28.2 Å². The largest absolute Gasteiger partial charge is 0.504 e. The SMILES string of the molecule is COc1cc([C@@H]2c3cc4c(cc3[C@@H](C3(O)OC5COC(C)O[C@H]5[C@@H](O)C3O)[C@H]3COC(=O)[C@H]23)OCO4)cc(CO)c1O. The second-order valence-corrected chi connectivity index (χ2v) is 11.3. The van der Waals surface area contributed by atoms with Crippen LogP contribution in [0.5, 0.6) is 23.0 Å². The number of aliphatic hydroxyl groups is 4. The number of hydrogen-bond donors (Lipinski definition) is 5. The Morgan fingerprint density at radius 3 is 2.50 bits per heavy atom. The summed E-state index contributed by atoms with van der Waals surface area (Å²) in [7, 11) is 1.38. The Morgan fingerprint density at radius 2 is 1.79 bits per heavy atom. The van der Waals surface area contributed by atoms with Gasteiger partial charge in [0.2, 0.25) is 12.6 Å². The second-order valence-electron chi connectivity index (χ2n) is 11.3. The summed E-state index contributed by atoms with van der Waals surface area (Å²) in [6, 6.07) is 6.57. The van der Waals surface area contributed by atoms with Gasteiger partial charge < -0.3 is 58.7 Å². The first-order valence-corrected chi connectivity index (χ1v) is 13.8. The standard InChI is InChI=1S/C29H32O13/c1-11-37-9-20-26(41-11)25(32)27(33)29(35,42-20)23-15-6-18-17(39-10-40-18)5-14(15)21(22-16(23)8-38-28(22)34)12-3-13(7-30)24(31)19(4-12)36-2/h3-6,11,16,20-23,25-27,30-33,35H,7-10H2,1-2H3/t11?,16-,20?,21+,22-,23+,25+,26+,27?,29?/m0/s1. The molecule has 0 amide bonds. The predicted molar refractivity (Wildman–Crippen MR) is 138 cm³/mol. The van der Waals surface area contributed by atoms with Crippen LogP contribution in [0.3, 0.4) is 0 Å². The second kappa shape index (κ2) is 9.95. The van der Waals surface area contributed by atoms with Crippen molar-refractivity contribution in [3.05, 3.63) is 46.5 Å². The number of rotatable bonds is 4. The smallest absolute Gasteiger partial charge is 0.310 e. The van der Waals surface area contributed by atoms with E-state index < -0.39 is 72.7 Å². The zero-order valence-electron chi connectivity index (χ0n) is 22.8. The fourth-order valence-corrected chi connectivity index (χ4v) is 7.31. The van der Waals surface area contributed by atoms with Crippen LogP contribution in [0.25, 0.3) is 0 Å². The van der Waals surface area contributed by atoms with E-state index in [2.05, 4.69) is 0 Å². The Hall–Kier alpha value is -3.17. The predicted octanol–water partition coefficient (Wildman–Crippen LogP) is 0.211. The van der Waals surface area contributed by atoms with Gasteiger partial charge in [0.15, 0.2) is 29.3 Å². The monoisotopic (exact) mass is 588 g/mol. The molecule has 13 nitrogen and oxygen atoms in total. The molecule has 3 saturated heterocycles. The van der Waals surface area contributed by atoms with E-state index in [1.54, 1.807) is 31.2 Å². The summed E-state index contributed by atoms with van der Waals surface area (Å²) in [5.74, 6) is -5.64. The Bertz CT molecular complexity index is 1390. The first-order valence-electron chi connectivity index (χ1n) is 13.8. The van der Waals surface area contributed by atoms with Crippen molar-refractivity contribution in [1.29, 1.82) is 0 Å². The number of esters is 1. The maximum Gasteiger partial charge on any atom is 0.310 e. The normalized spacial score (nSPS) is 38.3. The number of carbonyl (C=O) groups is 1. The Balaban J connectivity index is 1.42. The fourth-order valence-electron chi connectivity index (χ4n) is 7.31. The van der Waals surface area contributed by atoms with Crippen LogP contribution in [0.15, 0.2) is 24.3 Å². The van der Waals surface area contributed by atoms with E-state index in [0.717, 1.165) is 0 Å². The summed E-state index contributed by atoms with van der Waals surface area (Å²) in [4.78, 5) is 13.5. The number of fused-ring (bicyclic) bond motifs is 4.